The molecule has 3 aromatic carbocycles. The average Bonchev–Trinajstić information content (AvgIpc) is 2.94. The van der Waals surface area contributed by atoms with Gasteiger partial charge in [0.05, 0.1) is 23.7 Å². The molecule has 0 N–H and O–H groups in total. The van der Waals surface area contributed by atoms with E-state index in [1.54, 1.807) is 24.4 Å². The molecule has 0 radical (unpaired) electrons. The standard InChI is InChI=1S/C30H29BrFN3O3/c1-2-37-27-16-22(25(31)17-28(27)38-19-20-12-14-23(32)15-13-20)18-33-35-29(21-8-4-3-5-9-21)34-26-11-7-6-10-24(26)30(35)36/h6-7,10-18,21H,2-5,8-9,19H2,1H3. The number of hydrogen-bond donors (Lipinski definition) is 0. The van der Waals surface area contributed by atoms with Crippen LogP contribution in [0.3, 0.4) is 0 Å². The zero-order chi connectivity index (χ0) is 26.5. The molecule has 0 unspecified atom stereocenters. The van der Waals surface area contributed by atoms with Crippen LogP contribution < -0.4 is 15.0 Å². The van der Waals surface area contributed by atoms with Gasteiger partial charge in [0.1, 0.15) is 18.2 Å². The summed E-state index contributed by atoms with van der Waals surface area (Å²) < 4.78 is 27.3. The van der Waals surface area contributed by atoms with Crippen molar-refractivity contribution in [2.75, 3.05) is 6.61 Å². The average molecular weight is 578 g/mol. The first-order valence-corrected chi connectivity index (χ1v) is 13.7. The quantitative estimate of drug-likeness (QED) is 0.207. The number of rotatable bonds is 8. The highest BCUT2D eigenvalue weighted by atomic mass is 79.9. The number of benzene rings is 3. The van der Waals surface area contributed by atoms with E-state index in [9.17, 15) is 9.18 Å². The second kappa shape index (κ2) is 11.9. The summed E-state index contributed by atoms with van der Waals surface area (Å²) in [7, 11) is 0. The molecule has 1 fully saturated rings. The van der Waals surface area contributed by atoms with Crippen LogP contribution in [0.1, 0.15) is 61.9 Å². The summed E-state index contributed by atoms with van der Waals surface area (Å²) in [5, 5.41) is 5.19. The second-order valence-corrected chi connectivity index (χ2v) is 10.2. The van der Waals surface area contributed by atoms with Crippen molar-refractivity contribution >= 4 is 33.0 Å². The van der Waals surface area contributed by atoms with E-state index in [-0.39, 0.29) is 23.9 Å². The predicted octanol–water partition coefficient (Wildman–Crippen LogP) is 7.21. The molecule has 38 heavy (non-hydrogen) atoms. The predicted molar refractivity (Wildman–Crippen MR) is 151 cm³/mol. The fourth-order valence-electron chi connectivity index (χ4n) is 4.77. The van der Waals surface area contributed by atoms with Crippen LogP contribution in [0.15, 0.2) is 75.0 Å². The Hall–Kier alpha value is -3.52. The van der Waals surface area contributed by atoms with Gasteiger partial charge in [-0.05, 0) is 77.7 Å². The molecule has 1 aromatic heterocycles. The lowest BCUT2D eigenvalue weighted by Gasteiger charge is -2.22. The van der Waals surface area contributed by atoms with Gasteiger partial charge >= 0.3 is 0 Å². The minimum atomic E-state index is -0.289. The van der Waals surface area contributed by atoms with Crippen molar-refractivity contribution < 1.29 is 13.9 Å². The van der Waals surface area contributed by atoms with E-state index >= 15 is 0 Å². The number of aromatic nitrogens is 2. The molecule has 5 rings (SSSR count). The zero-order valence-electron chi connectivity index (χ0n) is 21.2. The highest BCUT2D eigenvalue weighted by molar-refractivity contribution is 9.10. The first kappa shape index (κ1) is 26.1. The Labute approximate surface area is 229 Å². The Bertz CT molecular complexity index is 1510. The summed E-state index contributed by atoms with van der Waals surface area (Å²) in [4.78, 5) is 18.4. The van der Waals surface area contributed by atoms with Gasteiger partial charge < -0.3 is 9.47 Å². The van der Waals surface area contributed by atoms with E-state index in [1.165, 1.54) is 23.2 Å². The van der Waals surface area contributed by atoms with Crippen molar-refractivity contribution in [2.45, 2.75) is 51.6 Å². The van der Waals surface area contributed by atoms with Crippen molar-refractivity contribution in [2.24, 2.45) is 5.10 Å². The highest BCUT2D eigenvalue weighted by Crippen LogP contribution is 2.34. The van der Waals surface area contributed by atoms with Gasteiger partial charge in [0.15, 0.2) is 11.5 Å². The molecule has 1 aliphatic rings. The minimum absolute atomic E-state index is 0.173. The Morgan fingerprint density at radius 3 is 2.55 bits per heavy atom. The molecule has 0 aliphatic heterocycles. The Morgan fingerprint density at radius 1 is 1.05 bits per heavy atom. The van der Waals surface area contributed by atoms with Gasteiger partial charge in [-0.2, -0.15) is 9.78 Å². The van der Waals surface area contributed by atoms with Gasteiger partial charge in [0.25, 0.3) is 5.56 Å². The van der Waals surface area contributed by atoms with Crippen LogP contribution in [0.5, 0.6) is 11.5 Å². The van der Waals surface area contributed by atoms with E-state index in [1.807, 2.05) is 37.3 Å². The number of halogens is 2. The fourth-order valence-corrected chi connectivity index (χ4v) is 5.19. The summed E-state index contributed by atoms with van der Waals surface area (Å²) in [6, 6.07) is 17.2. The SMILES string of the molecule is CCOc1cc(C=Nn2c(C3CCCCC3)nc3ccccc3c2=O)c(Br)cc1OCc1ccc(F)cc1. The maximum atomic E-state index is 13.5. The Kier molecular flexibility index (Phi) is 8.17. The largest absolute Gasteiger partial charge is 0.490 e. The van der Waals surface area contributed by atoms with Crippen molar-refractivity contribution in [1.29, 1.82) is 0 Å². The van der Waals surface area contributed by atoms with E-state index in [4.69, 9.17) is 14.5 Å². The van der Waals surface area contributed by atoms with Crippen LogP contribution in [0.25, 0.3) is 10.9 Å². The van der Waals surface area contributed by atoms with Crippen LogP contribution in [-0.4, -0.2) is 22.5 Å². The molecule has 4 aromatic rings. The molecule has 6 nitrogen and oxygen atoms in total. The molecule has 1 heterocycles. The normalized spacial score (nSPS) is 14.3. The van der Waals surface area contributed by atoms with E-state index in [2.05, 4.69) is 21.0 Å². The molecule has 1 saturated carbocycles. The smallest absolute Gasteiger partial charge is 0.282 e. The van der Waals surface area contributed by atoms with Gasteiger partial charge in [0.2, 0.25) is 0 Å². The third-order valence-electron chi connectivity index (χ3n) is 6.73. The van der Waals surface area contributed by atoms with E-state index < -0.39 is 0 Å². The summed E-state index contributed by atoms with van der Waals surface area (Å²) in [5.74, 6) is 1.72. The number of nitrogens with zero attached hydrogens (tertiary/aromatic N) is 3. The first-order chi connectivity index (χ1) is 18.5. The molecular formula is C30H29BrFN3O3. The van der Waals surface area contributed by atoms with Crippen molar-refractivity contribution in [3.63, 3.8) is 0 Å². The maximum Gasteiger partial charge on any atom is 0.282 e. The third-order valence-corrected chi connectivity index (χ3v) is 7.42. The van der Waals surface area contributed by atoms with Gasteiger partial charge in [-0.15, -0.1) is 0 Å². The maximum absolute atomic E-state index is 13.5. The summed E-state index contributed by atoms with van der Waals surface area (Å²) in [6.07, 6.45) is 7.11. The van der Waals surface area contributed by atoms with Crippen LogP contribution in [0.2, 0.25) is 0 Å². The third kappa shape index (κ3) is 5.80. The fraction of sp³-hybridized carbons (Fsp3) is 0.300. The van der Waals surface area contributed by atoms with Crippen LogP contribution >= 0.6 is 15.9 Å². The van der Waals surface area contributed by atoms with Gasteiger partial charge in [0, 0.05) is 16.0 Å². The van der Waals surface area contributed by atoms with Crippen molar-refractivity contribution in [3.05, 3.63) is 98.3 Å². The summed E-state index contributed by atoms with van der Waals surface area (Å²) in [6.45, 7) is 2.62. The molecule has 8 heteroatoms. The second-order valence-electron chi connectivity index (χ2n) is 9.35. The lowest BCUT2D eigenvalue weighted by atomic mass is 9.88. The molecule has 0 bridgehead atoms. The van der Waals surface area contributed by atoms with Crippen LogP contribution in [0, 0.1) is 5.82 Å². The summed E-state index contributed by atoms with van der Waals surface area (Å²) >= 11 is 3.62. The first-order valence-electron chi connectivity index (χ1n) is 12.9. The number of para-hydroxylation sites is 1. The topological polar surface area (TPSA) is 65.7 Å². The van der Waals surface area contributed by atoms with Crippen molar-refractivity contribution in [1.82, 2.24) is 9.66 Å². The lowest BCUT2D eigenvalue weighted by molar-refractivity contribution is 0.269. The molecular weight excluding hydrogens is 549 g/mol. The van der Waals surface area contributed by atoms with E-state index in [0.29, 0.717) is 34.8 Å². The van der Waals surface area contributed by atoms with Gasteiger partial charge in [-0.3, -0.25) is 4.79 Å². The molecule has 1 aliphatic carbocycles. The van der Waals surface area contributed by atoms with Crippen LogP contribution in [-0.2, 0) is 6.61 Å². The molecule has 0 saturated heterocycles. The molecule has 196 valence electrons. The molecule has 0 amide bonds. The summed E-state index contributed by atoms with van der Waals surface area (Å²) in [5.41, 5.74) is 2.10. The lowest BCUT2D eigenvalue weighted by Crippen LogP contribution is -2.25. The number of ether oxygens (including phenoxy) is 2. The van der Waals surface area contributed by atoms with Crippen molar-refractivity contribution in [3.8, 4) is 11.5 Å². The Morgan fingerprint density at radius 2 is 1.79 bits per heavy atom. The van der Waals surface area contributed by atoms with Gasteiger partial charge in [-0.25, -0.2) is 9.37 Å². The Balaban J connectivity index is 1.49. The number of hydrogen-bond acceptors (Lipinski definition) is 5. The van der Waals surface area contributed by atoms with Gasteiger partial charge in [-0.1, -0.05) is 43.5 Å². The highest BCUT2D eigenvalue weighted by Gasteiger charge is 2.22. The zero-order valence-corrected chi connectivity index (χ0v) is 22.8. The van der Waals surface area contributed by atoms with E-state index in [0.717, 1.165) is 41.3 Å². The monoisotopic (exact) mass is 577 g/mol. The van der Waals surface area contributed by atoms with Crippen LogP contribution in [0.4, 0.5) is 4.39 Å². The molecule has 0 atom stereocenters. The number of fused-ring (bicyclic) bond motifs is 1. The minimum Gasteiger partial charge on any atom is -0.490 e. The molecule has 0 spiro atoms.